The number of hydrogen-bond acceptors (Lipinski definition) is 3. The monoisotopic (exact) mass is 321 g/mol. The van der Waals surface area contributed by atoms with Crippen LogP contribution in [0.15, 0.2) is 24.3 Å². The third kappa shape index (κ3) is 3.10. The summed E-state index contributed by atoms with van der Waals surface area (Å²) in [7, 11) is -0.915. The summed E-state index contributed by atoms with van der Waals surface area (Å²) in [6, 6.07) is 7.43. The number of aliphatic hydroxyl groups is 1. The van der Waals surface area contributed by atoms with E-state index in [1.165, 1.54) is 6.42 Å². The highest BCUT2D eigenvalue weighted by molar-refractivity contribution is 7.83. The van der Waals surface area contributed by atoms with Crippen LogP contribution in [0.25, 0.3) is 0 Å². The molecule has 2 saturated carbocycles. The average Bonchev–Trinajstić information content (AvgIpc) is 3.07. The van der Waals surface area contributed by atoms with Crippen molar-refractivity contribution in [3.8, 4) is 0 Å². The Bertz CT molecular complexity index is 589. The van der Waals surface area contributed by atoms with Gasteiger partial charge in [-0.3, -0.25) is 9.00 Å². The van der Waals surface area contributed by atoms with Gasteiger partial charge in [-0.2, -0.15) is 0 Å². The second-order valence-corrected chi connectivity index (χ2v) is 8.03. The zero-order chi connectivity index (χ0) is 15.7. The van der Waals surface area contributed by atoms with Crippen LogP contribution in [0.4, 0.5) is 0 Å². The minimum atomic E-state index is -0.915. The normalized spacial score (nSPS) is 31.2. The molecule has 0 aromatic heterocycles. The molecule has 4 nitrogen and oxygen atoms in total. The number of nitrogens with one attached hydrogen (secondary N) is 1. The van der Waals surface area contributed by atoms with Gasteiger partial charge in [-0.25, -0.2) is 0 Å². The zero-order valence-corrected chi connectivity index (χ0v) is 13.6. The van der Waals surface area contributed by atoms with Gasteiger partial charge in [0.15, 0.2) is 0 Å². The van der Waals surface area contributed by atoms with Gasteiger partial charge in [0.05, 0.1) is 0 Å². The lowest BCUT2D eigenvalue weighted by Crippen LogP contribution is -2.45. The molecule has 0 heterocycles. The van der Waals surface area contributed by atoms with Gasteiger partial charge in [-0.1, -0.05) is 12.1 Å². The van der Waals surface area contributed by atoms with Crippen molar-refractivity contribution in [1.82, 2.24) is 5.32 Å². The summed E-state index contributed by atoms with van der Waals surface area (Å²) in [5, 5.41) is 12.7. The Hall–Kier alpha value is -1.20. The number of carbonyl (C=O) groups is 1. The van der Waals surface area contributed by atoms with E-state index >= 15 is 0 Å². The molecule has 1 amide bonds. The SMILES string of the molecule is CS(=O)Cc1cccc(C(=O)NC2C3CCC(C3)C2CO)c1. The molecule has 2 fully saturated rings. The van der Waals surface area contributed by atoms with Crippen molar-refractivity contribution in [3.63, 3.8) is 0 Å². The van der Waals surface area contributed by atoms with E-state index < -0.39 is 10.8 Å². The number of aliphatic hydroxyl groups excluding tert-OH is 1. The number of fused-ring (bicyclic) bond motifs is 2. The molecule has 0 saturated heterocycles. The second kappa shape index (κ2) is 6.50. The van der Waals surface area contributed by atoms with Crippen molar-refractivity contribution in [2.75, 3.05) is 12.9 Å². The number of benzene rings is 1. The van der Waals surface area contributed by atoms with Crippen LogP contribution in [-0.4, -0.2) is 34.1 Å². The molecule has 2 aliphatic rings. The quantitative estimate of drug-likeness (QED) is 0.867. The van der Waals surface area contributed by atoms with Gasteiger partial charge >= 0.3 is 0 Å². The van der Waals surface area contributed by atoms with E-state index in [9.17, 15) is 14.1 Å². The third-order valence-corrected chi connectivity index (χ3v) is 5.90. The molecule has 5 atom stereocenters. The summed E-state index contributed by atoms with van der Waals surface area (Å²) in [4.78, 5) is 12.5. The molecule has 5 heteroatoms. The van der Waals surface area contributed by atoms with Crippen molar-refractivity contribution in [2.45, 2.75) is 31.1 Å². The lowest BCUT2D eigenvalue weighted by molar-refractivity contribution is 0.0861. The molecule has 2 N–H and O–H groups in total. The standard InChI is InChI=1S/C17H23NO3S/c1-22(21)10-11-3-2-4-14(7-11)17(20)18-16-13-6-5-12(8-13)15(16)9-19/h2-4,7,12-13,15-16,19H,5-6,8-10H2,1H3,(H,18,20). The fraction of sp³-hybridized carbons (Fsp3) is 0.588. The van der Waals surface area contributed by atoms with E-state index in [4.69, 9.17) is 0 Å². The van der Waals surface area contributed by atoms with Gasteiger partial charge in [0, 0.05) is 46.9 Å². The third-order valence-electron chi connectivity index (χ3n) is 5.16. The summed E-state index contributed by atoms with van der Waals surface area (Å²) in [6.07, 6.45) is 5.12. The number of carbonyl (C=O) groups excluding carboxylic acids is 1. The van der Waals surface area contributed by atoms with Crippen LogP contribution in [0, 0.1) is 17.8 Å². The summed E-state index contributed by atoms with van der Waals surface area (Å²) in [5.41, 5.74) is 1.53. The largest absolute Gasteiger partial charge is 0.396 e. The average molecular weight is 321 g/mol. The Morgan fingerprint density at radius 3 is 2.86 bits per heavy atom. The maximum absolute atomic E-state index is 12.5. The second-order valence-electron chi connectivity index (χ2n) is 6.60. The van der Waals surface area contributed by atoms with E-state index in [2.05, 4.69) is 5.32 Å². The summed E-state index contributed by atoms with van der Waals surface area (Å²) in [6.45, 7) is 0.154. The van der Waals surface area contributed by atoms with Crippen LogP contribution in [0.5, 0.6) is 0 Å². The fourth-order valence-electron chi connectivity index (χ4n) is 4.17. The molecule has 5 unspecified atom stereocenters. The Balaban J connectivity index is 1.70. The van der Waals surface area contributed by atoms with Crippen LogP contribution in [-0.2, 0) is 16.6 Å². The van der Waals surface area contributed by atoms with Crippen molar-refractivity contribution < 1.29 is 14.1 Å². The van der Waals surface area contributed by atoms with Crippen LogP contribution in [0.2, 0.25) is 0 Å². The number of rotatable bonds is 5. The maximum Gasteiger partial charge on any atom is 0.251 e. The molecule has 3 rings (SSSR count). The van der Waals surface area contributed by atoms with Gasteiger partial charge in [-0.15, -0.1) is 0 Å². The topological polar surface area (TPSA) is 66.4 Å². The first-order valence-electron chi connectivity index (χ1n) is 7.89. The molecule has 0 radical (unpaired) electrons. The first kappa shape index (κ1) is 15.7. The minimum Gasteiger partial charge on any atom is -0.396 e. The predicted octanol–water partition coefficient (Wildman–Crippen LogP) is 1.70. The first-order valence-corrected chi connectivity index (χ1v) is 9.62. The summed E-state index contributed by atoms with van der Waals surface area (Å²) < 4.78 is 11.3. The van der Waals surface area contributed by atoms with Gasteiger partial charge in [0.1, 0.15) is 0 Å². The number of hydrogen-bond donors (Lipinski definition) is 2. The maximum atomic E-state index is 12.5. The van der Waals surface area contributed by atoms with Gasteiger partial charge in [0.25, 0.3) is 5.91 Å². The van der Waals surface area contributed by atoms with Crippen molar-refractivity contribution in [2.24, 2.45) is 17.8 Å². The Morgan fingerprint density at radius 2 is 2.14 bits per heavy atom. The van der Waals surface area contributed by atoms with Crippen LogP contribution < -0.4 is 5.32 Å². The summed E-state index contributed by atoms with van der Waals surface area (Å²) in [5.74, 6) is 1.66. The molecule has 0 spiro atoms. The number of amides is 1. The molecule has 1 aromatic carbocycles. The van der Waals surface area contributed by atoms with E-state index in [-0.39, 0.29) is 24.5 Å². The molecule has 0 aliphatic heterocycles. The Kier molecular flexibility index (Phi) is 4.64. The summed E-state index contributed by atoms with van der Waals surface area (Å²) >= 11 is 0. The van der Waals surface area contributed by atoms with Crippen molar-refractivity contribution >= 4 is 16.7 Å². The molecule has 22 heavy (non-hydrogen) atoms. The predicted molar refractivity (Wildman–Crippen MR) is 86.9 cm³/mol. The molecule has 2 bridgehead atoms. The van der Waals surface area contributed by atoms with E-state index in [1.807, 2.05) is 18.2 Å². The van der Waals surface area contributed by atoms with Gasteiger partial charge in [0.2, 0.25) is 0 Å². The van der Waals surface area contributed by atoms with E-state index in [0.717, 1.165) is 18.4 Å². The smallest absolute Gasteiger partial charge is 0.251 e. The fourth-order valence-corrected chi connectivity index (χ4v) is 4.82. The molecular weight excluding hydrogens is 298 g/mol. The lowest BCUT2D eigenvalue weighted by Gasteiger charge is -2.30. The van der Waals surface area contributed by atoms with E-state index in [0.29, 0.717) is 23.2 Å². The minimum absolute atomic E-state index is 0.0836. The van der Waals surface area contributed by atoms with Crippen LogP contribution in [0.3, 0.4) is 0 Å². The van der Waals surface area contributed by atoms with Crippen LogP contribution >= 0.6 is 0 Å². The first-order chi connectivity index (χ1) is 10.6. The lowest BCUT2D eigenvalue weighted by atomic mass is 9.85. The van der Waals surface area contributed by atoms with Crippen molar-refractivity contribution in [3.05, 3.63) is 35.4 Å². The zero-order valence-electron chi connectivity index (χ0n) is 12.8. The highest BCUT2D eigenvalue weighted by atomic mass is 32.2. The highest BCUT2D eigenvalue weighted by Crippen LogP contribution is 2.48. The Morgan fingerprint density at radius 1 is 1.36 bits per heavy atom. The van der Waals surface area contributed by atoms with Crippen LogP contribution in [0.1, 0.15) is 35.2 Å². The molecule has 1 aromatic rings. The van der Waals surface area contributed by atoms with Gasteiger partial charge in [-0.05, 0) is 48.8 Å². The Labute approximate surface area is 133 Å². The highest BCUT2D eigenvalue weighted by Gasteiger charge is 2.47. The molecule has 2 aliphatic carbocycles. The van der Waals surface area contributed by atoms with Crippen molar-refractivity contribution in [1.29, 1.82) is 0 Å². The van der Waals surface area contributed by atoms with Gasteiger partial charge < -0.3 is 10.4 Å². The van der Waals surface area contributed by atoms with E-state index in [1.54, 1.807) is 12.3 Å². The molecular formula is C17H23NO3S. The molecule has 120 valence electrons.